The monoisotopic (exact) mass is 135 g/mol. The van der Waals surface area contributed by atoms with Crippen molar-refractivity contribution in [2.75, 3.05) is 13.3 Å². The van der Waals surface area contributed by atoms with Crippen LogP contribution >= 0.6 is 0 Å². The minimum absolute atomic E-state index is 0.0176. The van der Waals surface area contributed by atoms with Crippen LogP contribution in [0.3, 0.4) is 0 Å². The van der Waals surface area contributed by atoms with Crippen molar-refractivity contribution in [3.8, 4) is 0 Å². The number of unbranched alkanes of at least 4 members (excludes halogenated alkanes) is 1. The van der Waals surface area contributed by atoms with Crippen LogP contribution < -0.4 is 5.48 Å². The summed E-state index contributed by atoms with van der Waals surface area (Å²) in [7, 11) is 0. The number of hydrogen-bond acceptors (Lipinski definition) is 4. The smallest absolute Gasteiger partial charge is 0.154 e. The van der Waals surface area contributed by atoms with E-state index in [9.17, 15) is 0 Å². The van der Waals surface area contributed by atoms with Gasteiger partial charge in [0, 0.05) is 0 Å². The number of rotatable bonds is 6. The molecule has 0 amide bonds. The first kappa shape index (κ1) is 8.84. The zero-order chi connectivity index (χ0) is 6.95. The van der Waals surface area contributed by atoms with Crippen LogP contribution in [0.5, 0.6) is 0 Å². The summed E-state index contributed by atoms with van der Waals surface area (Å²) in [5.41, 5.74) is 1.80. The normalized spacial score (nSPS) is 10.0. The minimum atomic E-state index is 0.0176. The Balaban J connectivity index is 2.60. The summed E-state index contributed by atoms with van der Waals surface area (Å²) in [6.45, 7) is 2.66. The van der Waals surface area contributed by atoms with Crippen LogP contribution in [0.2, 0.25) is 0 Å². The zero-order valence-electron chi connectivity index (χ0n) is 5.59. The van der Waals surface area contributed by atoms with Crippen molar-refractivity contribution >= 4 is 0 Å². The van der Waals surface area contributed by atoms with Gasteiger partial charge in [-0.15, -0.1) is 0 Å². The molecule has 0 rings (SSSR count). The Kier molecular flexibility index (Phi) is 7.70. The molecule has 0 unspecified atom stereocenters. The lowest BCUT2D eigenvalue weighted by Crippen LogP contribution is -2.12. The van der Waals surface area contributed by atoms with Gasteiger partial charge >= 0.3 is 0 Å². The molecule has 4 heteroatoms. The van der Waals surface area contributed by atoms with E-state index in [1.54, 1.807) is 5.48 Å². The molecule has 0 aliphatic heterocycles. The predicted molar refractivity (Wildman–Crippen MR) is 31.7 cm³/mol. The summed E-state index contributed by atoms with van der Waals surface area (Å²) in [5.74, 6) is 0. The van der Waals surface area contributed by atoms with Gasteiger partial charge in [-0.2, -0.15) is 5.48 Å². The molecule has 0 saturated heterocycles. The maximum Gasteiger partial charge on any atom is 0.154 e. The van der Waals surface area contributed by atoms with E-state index in [4.69, 9.17) is 5.21 Å². The van der Waals surface area contributed by atoms with Gasteiger partial charge in [-0.25, -0.2) is 9.78 Å². The molecular formula is C5H13NO3. The molecule has 4 nitrogen and oxygen atoms in total. The van der Waals surface area contributed by atoms with Crippen molar-refractivity contribution in [3.05, 3.63) is 0 Å². The quantitative estimate of drug-likeness (QED) is 0.243. The van der Waals surface area contributed by atoms with Gasteiger partial charge in [0.15, 0.2) is 6.73 Å². The molecular weight excluding hydrogens is 122 g/mol. The van der Waals surface area contributed by atoms with Gasteiger partial charge in [-0.1, -0.05) is 13.3 Å². The van der Waals surface area contributed by atoms with Crippen LogP contribution in [0.4, 0.5) is 0 Å². The summed E-state index contributed by atoms with van der Waals surface area (Å²) >= 11 is 0. The highest BCUT2D eigenvalue weighted by Gasteiger charge is 1.84. The fourth-order valence-electron chi connectivity index (χ4n) is 0.330. The van der Waals surface area contributed by atoms with E-state index in [-0.39, 0.29) is 6.73 Å². The summed E-state index contributed by atoms with van der Waals surface area (Å²) in [6, 6.07) is 0. The Bertz CT molecular complexity index is 45.5. The molecule has 0 aromatic rings. The van der Waals surface area contributed by atoms with Crippen molar-refractivity contribution in [1.82, 2.24) is 5.48 Å². The Morgan fingerprint density at radius 2 is 2.22 bits per heavy atom. The second kappa shape index (κ2) is 7.84. The van der Waals surface area contributed by atoms with Crippen LogP contribution in [0.1, 0.15) is 19.8 Å². The first-order chi connectivity index (χ1) is 4.41. The molecule has 0 aliphatic carbocycles. The average molecular weight is 135 g/mol. The summed E-state index contributed by atoms with van der Waals surface area (Å²) < 4.78 is 0. The summed E-state index contributed by atoms with van der Waals surface area (Å²) in [6.07, 6.45) is 2.06. The molecule has 56 valence electrons. The molecule has 0 aromatic heterocycles. The fourth-order valence-corrected chi connectivity index (χ4v) is 0.330. The van der Waals surface area contributed by atoms with Crippen molar-refractivity contribution in [2.24, 2.45) is 0 Å². The van der Waals surface area contributed by atoms with Gasteiger partial charge in [0.1, 0.15) is 0 Å². The topological polar surface area (TPSA) is 50.7 Å². The minimum Gasteiger partial charge on any atom is -0.314 e. The maximum absolute atomic E-state index is 7.97. The molecule has 0 atom stereocenters. The molecule has 0 fully saturated rings. The Labute approximate surface area is 54.7 Å². The van der Waals surface area contributed by atoms with E-state index >= 15 is 0 Å². The first-order valence-electron chi connectivity index (χ1n) is 3.03. The highest BCUT2D eigenvalue weighted by Crippen LogP contribution is 1.86. The molecule has 9 heavy (non-hydrogen) atoms. The molecule has 0 bridgehead atoms. The molecule has 0 spiro atoms. The largest absolute Gasteiger partial charge is 0.314 e. The third-order valence-electron chi connectivity index (χ3n) is 0.788. The third-order valence-corrected chi connectivity index (χ3v) is 0.788. The van der Waals surface area contributed by atoms with E-state index < -0.39 is 0 Å². The zero-order valence-corrected chi connectivity index (χ0v) is 5.59. The van der Waals surface area contributed by atoms with Crippen molar-refractivity contribution in [3.63, 3.8) is 0 Å². The van der Waals surface area contributed by atoms with Gasteiger partial charge in [-0.05, 0) is 6.42 Å². The fraction of sp³-hybridized carbons (Fsp3) is 1.00. The molecule has 0 radical (unpaired) electrons. The van der Waals surface area contributed by atoms with E-state index in [1.165, 1.54) is 0 Å². The molecule has 0 aromatic carbocycles. The molecule has 0 heterocycles. The van der Waals surface area contributed by atoms with Crippen molar-refractivity contribution in [1.29, 1.82) is 0 Å². The molecule has 2 N–H and O–H groups in total. The Morgan fingerprint density at radius 1 is 1.44 bits per heavy atom. The molecule has 0 saturated carbocycles. The van der Waals surface area contributed by atoms with E-state index in [2.05, 4.69) is 16.7 Å². The SMILES string of the molecule is CCCCOOCNO. The standard InChI is InChI=1S/C5H13NO3/c1-2-3-4-8-9-5-6-7/h6-7H,2-5H2,1H3. The highest BCUT2D eigenvalue weighted by atomic mass is 17.2. The maximum atomic E-state index is 7.97. The lowest BCUT2D eigenvalue weighted by molar-refractivity contribution is -0.309. The lowest BCUT2D eigenvalue weighted by atomic mass is 10.4. The van der Waals surface area contributed by atoms with E-state index in [0.717, 1.165) is 12.8 Å². The van der Waals surface area contributed by atoms with Crippen molar-refractivity contribution in [2.45, 2.75) is 19.8 Å². The third kappa shape index (κ3) is 7.84. The van der Waals surface area contributed by atoms with Crippen LogP contribution in [0.25, 0.3) is 0 Å². The van der Waals surface area contributed by atoms with Crippen LogP contribution in [0.15, 0.2) is 0 Å². The van der Waals surface area contributed by atoms with Gasteiger partial charge < -0.3 is 5.21 Å². The number of hydrogen-bond donors (Lipinski definition) is 2. The second-order valence-corrected chi connectivity index (χ2v) is 1.60. The van der Waals surface area contributed by atoms with Gasteiger partial charge in [0.2, 0.25) is 0 Å². The van der Waals surface area contributed by atoms with Gasteiger partial charge in [0.05, 0.1) is 6.61 Å². The summed E-state index contributed by atoms with van der Waals surface area (Å²) in [4.78, 5) is 9.02. The number of hydroxylamine groups is 1. The Hall–Kier alpha value is -0.160. The lowest BCUT2D eigenvalue weighted by Gasteiger charge is -1.99. The first-order valence-corrected chi connectivity index (χ1v) is 3.03. The molecule has 0 aliphatic rings. The van der Waals surface area contributed by atoms with E-state index in [0.29, 0.717) is 6.61 Å². The Morgan fingerprint density at radius 3 is 2.78 bits per heavy atom. The average Bonchev–Trinajstić information content (AvgIpc) is 1.89. The summed E-state index contributed by atoms with van der Waals surface area (Å²) in [5, 5.41) is 7.97. The van der Waals surface area contributed by atoms with Crippen LogP contribution in [0, 0.1) is 0 Å². The predicted octanol–water partition coefficient (Wildman–Crippen LogP) is 0.671. The van der Waals surface area contributed by atoms with Gasteiger partial charge in [0.25, 0.3) is 0 Å². The van der Waals surface area contributed by atoms with Crippen LogP contribution in [-0.2, 0) is 9.78 Å². The van der Waals surface area contributed by atoms with Crippen LogP contribution in [-0.4, -0.2) is 18.5 Å². The second-order valence-electron chi connectivity index (χ2n) is 1.60. The van der Waals surface area contributed by atoms with Gasteiger partial charge in [-0.3, -0.25) is 0 Å². The van der Waals surface area contributed by atoms with Crippen molar-refractivity contribution < 1.29 is 15.0 Å². The van der Waals surface area contributed by atoms with E-state index in [1.807, 2.05) is 0 Å². The number of nitrogens with one attached hydrogen (secondary N) is 1. The highest BCUT2D eigenvalue weighted by molar-refractivity contribution is 4.25.